The number of carbonyl (C=O) groups is 2. The SMILES string of the molecule is C=CCN(CCC(=O)NCCc1ccc(S(N)(=O)=O)cc1)C(C)=O. The molecule has 0 fully saturated rings. The van der Waals surface area contributed by atoms with Gasteiger partial charge in [-0.2, -0.15) is 0 Å². The molecule has 0 radical (unpaired) electrons. The zero-order valence-electron chi connectivity index (χ0n) is 13.7. The van der Waals surface area contributed by atoms with Crippen LogP contribution in [0, 0.1) is 0 Å². The lowest BCUT2D eigenvalue weighted by Gasteiger charge is -2.18. The third-order valence-electron chi connectivity index (χ3n) is 3.39. The lowest BCUT2D eigenvalue weighted by molar-refractivity contribution is -0.129. The van der Waals surface area contributed by atoms with Gasteiger partial charge in [0.15, 0.2) is 0 Å². The Hall–Kier alpha value is -2.19. The van der Waals surface area contributed by atoms with E-state index < -0.39 is 10.0 Å². The predicted octanol–water partition coefficient (Wildman–Crippen LogP) is 0.417. The van der Waals surface area contributed by atoms with Crippen molar-refractivity contribution in [1.82, 2.24) is 10.2 Å². The zero-order chi connectivity index (χ0) is 18.2. The number of benzene rings is 1. The number of carbonyl (C=O) groups excluding carboxylic acids is 2. The van der Waals surface area contributed by atoms with Crippen LogP contribution in [0.25, 0.3) is 0 Å². The quantitative estimate of drug-likeness (QED) is 0.627. The van der Waals surface area contributed by atoms with E-state index in [-0.39, 0.29) is 23.1 Å². The first-order chi connectivity index (χ1) is 11.2. The Kier molecular flexibility index (Phi) is 7.60. The summed E-state index contributed by atoms with van der Waals surface area (Å²) in [6.45, 7) is 6.21. The molecule has 24 heavy (non-hydrogen) atoms. The van der Waals surface area contributed by atoms with E-state index >= 15 is 0 Å². The van der Waals surface area contributed by atoms with Crippen molar-refractivity contribution in [2.24, 2.45) is 5.14 Å². The molecular formula is C16H23N3O4S. The van der Waals surface area contributed by atoms with E-state index in [9.17, 15) is 18.0 Å². The largest absolute Gasteiger partial charge is 0.356 e. The fourth-order valence-corrected chi connectivity index (χ4v) is 2.57. The topological polar surface area (TPSA) is 110 Å². The van der Waals surface area contributed by atoms with Crippen molar-refractivity contribution in [3.05, 3.63) is 42.5 Å². The van der Waals surface area contributed by atoms with Gasteiger partial charge in [0.1, 0.15) is 0 Å². The molecule has 0 aliphatic rings. The van der Waals surface area contributed by atoms with Gasteiger partial charge in [0, 0.05) is 33.0 Å². The highest BCUT2D eigenvalue weighted by Crippen LogP contribution is 2.08. The second-order valence-electron chi connectivity index (χ2n) is 5.29. The Morgan fingerprint density at radius 1 is 1.29 bits per heavy atom. The number of primary sulfonamides is 1. The van der Waals surface area contributed by atoms with Crippen LogP contribution < -0.4 is 10.5 Å². The Labute approximate surface area is 142 Å². The van der Waals surface area contributed by atoms with E-state index in [0.29, 0.717) is 26.1 Å². The molecule has 2 amide bonds. The fourth-order valence-electron chi connectivity index (χ4n) is 2.05. The molecule has 0 heterocycles. The van der Waals surface area contributed by atoms with Crippen LogP contribution in [0.3, 0.4) is 0 Å². The van der Waals surface area contributed by atoms with E-state index in [4.69, 9.17) is 5.14 Å². The number of nitrogens with zero attached hydrogens (tertiary/aromatic N) is 1. The standard InChI is InChI=1S/C16H23N3O4S/c1-3-11-19(13(2)20)12-9-16(21)18-10-8-14-4-6-15(7-5-14)24(17,22)23/h3-7H,1,8-12H2,2H3,(H,18,21)(H2,17,22,23). The van der Waals surface area contributed by atoms with Crippen molar-refractivity contribution in [3.63, 3.8) is 0 Å². The molecule has 1 aromatic carbocycles. The minimum atomic E-state index is -3.69. The summed E-state index contributed by atoms with van der Waals surface area (Å²) in [6, 6.07) is 6.19. The highest BCUT2D eigenvalue weighted by molar-refractivity contribution is 7.89. The van der Waals surface area contributed by atoms with Gasteiger partial charge in [-0.15, -0.1) is 6.58 Å². The van der Waals surface area contributed by atoms with Crippen molar-refractivity contribution >= 4 is 21.8 Å². The van der Waals surface area contributed by atoms with Crippen LogP contribution in [0.2, 0.25) is 0 Å². The molecule has 0 aromatic heterocycles. The molecule has 0 saturated carbocycles. The number of rotatable bonds is 9. The van der Waals surface area contributed by atoms with Gasteiger partial charge in [-0.25, -0.2) is 13.6 Å². The average Bonchev–Trinajstić information content (AvgIpc) is 2.50. The first-order valence-corrected chi connectivity index (χ1v) is 9.03. The molecule has 7 nitrogen and oxygen atoms in total. The molecule has 0 saturated heterocycles. The van der Waals surface area contributed by atoms with Crippen LogP contribution in [-0.2, 0) is 26.0 Å². The van der Waals surface area contributed by atoms with Crippen LogP contribution in [0.5, 0.6) is 0 Å². The number of nitrogens with one attached hydrogen (secondary N) is 1. The molecule has 8 heteroatoms. The van der Waals surface area contributed by atoms with E-state index in [1.165, 1.54) is 19.1 Å². The smallest absolute Gasteiger partial charge is 0.238 e. The van der Waals surface area contributed by atoms with Gasteiger partial charge in [-0.1, -0.05) is 18.2 Å². The van der Waals surface area contributed by atoms with Gasteiger partial charge < -0.3 is 10.2 Å². The van der Waals surface area contributed by atoms with Crippen molar-refractivity contribution in [2.45, 2.75) is 24.7 Å². The molecule has 0 bridgehead atoms. The lowest BCUT2D eigenvalue weighted by Crippen LogP contribution is -2.34. The summed E-state index contributed by atoms with van der Waals surface area (Å²) in [6.07, 6.45) is 2.40. The maximum absolute atomic E-state index is 11.8. The molecule has 0 unspecified atom stereocenters. The second-order valence-corrected chi connectivity index (χ2v) is 6.85. The summed E-state index contributed by atoms with van der Waals surface area (Å²) in [4.78, 5) is 24.7. The maximum Gasteiger partial charge on any atom is 0.238 e. The lowest BCUT2D eigenvalue weighted by atomic mass is 10.1. The van der Waals surface area contributed by atoms with E-state index in [2.05, 4.69) is 11.9 Å². The number of hydrogen-bond donors (Lipinski definition) is 2. The molecule has 1 rings (SSSR count). The minimum absolute atomic E-state index is 0.0572. The van der Waals surface area contributed by atoms with Crippen LogP contribution in [0.1, 0.15) is 18.9 Å². The Morgan fingerprint density at radius 3 is 2.42 bits per heavy atom. The van der Waals surface area contributed by atoms with Gasteiger partial charge in [0.2, 0.25) is 21.8 Å². The summed E-state index contributed by atoms with van der Waals surface area (Å²) < 4.78 is 22.3. The van der Waals surface area contributed by atoms with Crippen molar-refractivity contribution in [2.75, 3.05) is 19.6 Å². The predicted molar refractivity (Wildman–Crippen MR) is 91.6 cm³/mol. The number of hydrogen-bond acceptors (Lipinski definition) is 4. The third-order valence-corrected chi connectivity index (χ3v) is 4.32. The highest BCUT2D eigenvalue weighted by Gasteiger charge is 2.10. The number of amides is 2. The van der Waals surface area contributed by atoms with Crippen molar-refractivity contribution in [1.29, 1.82) is 0 Å². The molecule has 132 valence electrons. The molecule has 0 aliphatic heterocycles. The van der Waals surface area contributed by atoms with Crippen LogP contribution in [0.15, 0.2) is 41.8 Å². The monoisotopic (exact) mass is 353 g/mol. The average molecular weight is 353 g/mol. The maximum atomic E-state index is 11.8. The third kappa shape index (κ3) is 6.93. The van der Waals surface area contributed by atoms with Gasteiger partial charge in [-0.05, 0) is 24.1 Å². The summed E-state index contributed by atoms with van der Waals surface area (Å²) in [5.74, 6) is -0.246. The van der Waals surface area contributed by atoms with Crippen LogP contribution in [-0.4, -0.2) is 44.8 Å². The van der Waals surface area contributed by atoms with Crippen LogP contribution >= 0.6 is 0 Å². The molecule has 3 N–H and O–H groups in total. The molecular weight excluding hydrogens is 330 g/mol. The fraction of sp³-hybridized carbons (Fsp3) is 0.375. The highest BCUT2D eigenvalue weighted by atomic mass is 32.2. The van der Waals surface area contributed by atoms with Crippen LogP contribution in [0.4, 0.5) is 0 Å². The van der Waals surface area contributed by atoms with Crippen molar-refractivity contribution < 1.29 is 18.0 Å². The van der Waals surface area contributed by atoms with E-state index in [0.717, 1.165) is 5.56 Å². The normalized spacial score (nSPS) is 10.9. The van der Waals surface area contributed by atoms with Gasteiger partial charge in [-0.3, -0.25) is 9.59 Å². The molecule has 1 aromatic rings. The van der Waals surface area contributed by atoms with E-state index in [1.54, 1.807) is 23.1 Å². The number of sulfonamides is 1. The van der Waals surface area contributed by atoms with Gasteiger partial charge in [0.25, 0.3) is 0 Å². The first kappa shape index (κ1) is 19.9. The zero-order valence-corrected chi connectivity index (χ0v) is 14.5. The number of nitrogens with two attached hydrogens (primary N) is 1. The Balaban J connectivity index is 2.37. The molecule has 0 atom stereocenters. The Morgan fingerprint density at radius 2 is 1.92 bits per heavy atom. The summed E-state index contributed by atoms with van der Waals surface area (Å²) in [7, 11) is -3.69. The van der Waals surface area contributed by atoms with Crippen molar-refractivity contribution in [3.8, 4) is 0 Å². The summed E-state index contributed by atoms with van der Waals surface area (Å²) in [5, 5.41) is 7.79. The second kappa shape index (κ2) is 9.19. The first-order valence-electron chi connectivity index (χ1n) is 7.49. The summed E-state index contributed by atoms with van der Waals surface area (Å²) >= 11 is 0. The minimum Gasteiger partial charge on any atom is -0.356 e. The molecule has 0 aliphatic carbocycles. The van der Waals surface area contributed by atoms with E-state index in [1.807, 2.05) is 0 Å². The van der Waals surface area contributed by atoms with Gasteiger partial charge >= 0.3 is 0 Å². The molecule has 0 spiro atoms. The Bertz CT molecular complexity index is 684. The summed E-state index contributed by atoms with van der Waals surface area (Å²) in [5.41, 5.74) is 0.889. The van der Waals surface area contributed by atoms with Gasteiger partial charge in [0.05, 0.1) is 4.90 Å².